The molecule has 0 bridgehead atoms. The van der Waals surface area contributed by atoms with Gasteiger partial charge in [0.05, 0.1) is 4.92 Å². The Bertz CT molecular complexity index is 468. The first kappa shape index (κ1) is 13.8. The monoisotopic (exact) mass is 263 g/mol. The zero-order chi connectivity index (χ0) is 13.8. The number of anilines is 1. The molecule has 1 aromatic carbocycles. The summed E-state index contributed by atoms with van der Waals surface area (Å²) in [5.41, 5.74) is 8.22. The molecule has 0 aromatic heterocycles. The maximum atomic E-state index is 11.1. The SMILES string of the molecule is Cc1cc([N+](=O)[O-])c(CCN2CCCCC2)cc1N. The van der Waals surface area contributed by atoms with Crippen LogP contribution >= 0.6 is 0 Å². The quantitative estimate of drug-likeness (QED) is 0.514. The summed E-state index contributed by atoms with van der Waals surface area (Å²) in [5, 5.41) is 11.1. The van der Waals surface area contributed by atoms with E-state index in [2.05, 4.69) is 4.90 Å². The van der Waals surface area contributed by atoms with E-state index in [4.69, 9.17) is 5.73 Å². The number of nitrogen functional groups attached to an aromatic ring is 1. The number of nitrogens with two attached hydrogens (primary N) is 1. The van der Waals surface area contributed by atoms with Gasteiger partial charge >= 0.3 is 0 Å². The average molecular weight is 263 g/mol. The largest absolute Gasteiger partial charge is 0.398 e. The molecule has 2 N–H and O–H groups in total. The molecule has 0 saturated carbocycles. The number of rotatable bonds is 4. The fourth-order valence-electron chi connectivity index (χ4n) is 2.59. The van der Waals surface area contributed by atoms with Gasteiger partial charge in [-0.05, 0) is 50.9 Å². The third kappa shape index (κ3) is 3.44. The van der Waals surface area contributed by atoms with Crippen LogP contribution in [0.5, 0.6) is 0 Å². The summed E-state index contributed by atoms with van der Waals surface area (Å²) in [6, 6.07) is 3.35. The van der Waals surface area contributed by atoms with Gasteiger partial charge in [-0.3, -0.25) is 10.1 Å². The fraction of sp³-hybridized carbons (Fsp3) is 0.571. The van der Waals surface area contributed by atoms with E-state index in [1.165, 1.54) is 19.3 Å². The summed E-state index contributed by atoms with van der Waals surface area (Å²) >= 11 is 0. The number of nitrogens with zero attached hydrogens (tertiary/aromatic N) is 2. The van der Waals surface area contributed by atoms with Crippen molar-refractivity contribution in [2.24, 2.45) is 0 Å². The first-order valence-corrected chi connectivity index (χ1v) is 6.83. The third-order valence-electron chi connectivity index (χ3n) is 3.81. The van der Waals surface area contributed by atoms with Crippen LogP contribution in [0.4, 0.5) is 11.4 Å². The smallest absolute Gasteiger partial charge is 0.273 e. The second-order valence-corrected chi connectivity index (χ2v) is 5.25. The molecule has 0 spiro atoms. The zero-order valence-electron chi connectivity index (χ0n) is 11.4. The van der Waals surface area contributed by atoms with E-state index in [0.29, 0.717) is 12.1 Å². The van der Waals surface area contributed by atoms with Crippen molar-refractivity contribution in [3.8, 4) is 0 Å². The molecule has 5 nitrogen and oxygen atoms in total. The lowest BCUT2D eigenvalue weighted by Crippen LogP contribution is -2.31. The summed E-state index contributed by atoms with van der Waals surface area (Å²) in [6.45, 7) is 4.89. The molecule has 104 valence electrons. The molecule has 2 rings (SSSR count). The van der Waals surface area contributed by atoms with Crippen LogP contribution in [0.2, 0.25) is 0 Å². The minimum absolute atomic E-state index is 0.198. The third-order valence-corrected chi connectivity index (χ3v) is 3.81. The predicted octanol–water partition coefficient (Wildman–Crippen LogP) is 2.51. The van der Waals surface area contributed by atoms with E-state index in [9.17, 15) is 10.1 Å². The van der Waals surface area contributed by atoms with Gasteiger partial charge in [0, 0.05) is 23.9 Å². The molecule has 0 radical (unpaired) electrons. The van der Waals surface area contributed by atoms with Gasteiger partial charge in [-0.25, -0.2) is 0 Å². The molecule has 1 saturated heterocycles. The van der Waals surface area contributed by atoms with Crippen LogP contribution < -0.4 is 5.73 Å². The molecule has 1 aliphatic heterocycles. The average Bonchev–Trinajstić information content (AvgIpc) is 2.40. The highest BCUT2D eigenvalue weighted by Gasteiger charge is 2.17. The zero-order valence-corrected chi connectivity index (χ0v) is 11.4. The van der Waals surface area contributed by atoms with E-state index in [0.717, 1.165) is 30.8 Å². The molecule has 1 aromatic rings. The van der Waals surface area contributed by atoms with Gasteiger partial charge in [0.2, 0.25) is 0 Å². The summed E-state index contributed by atoms with van der Waals surface area (Å²) in [5.74, 6) is 0. The minimum Gasteiger partial charge on any atom is -0.398 e. The normalized spacial score (nSPS) is 16.5. The lowest BCUT2D eigenvalue weighted by atomic mass is 10.0. The van der Waals surface area contributed by atoms with Crippen molar-refractivity contribution < 1.29 is 4.92 Å². The Hall–Kier alpha value is -1.62. The number of hydrogen-bond acceptors (Lipinski definition) is 4. The molecular weight excluding hydrogens is 242 g/mol. The molecule has 1 aliphatic rings. The Morgan fingerprint density at radius 2 is 2.00 bits per heavy atom. The number of hydrogen-bond donors (Lipinski definition) is 1. The highest BCUT2D eigenvalue weighted by atomic mass is 16.6. The van der Waals surface area contributed by atoms with Crippen molar-refractivity contribution in [1.82, 2.24) is 4.90 Å². The summed E-state index contributed by atoms with van der Waals surface area (Å²) in [7, 11) is 0. The predicted molar refractivity (Wildman–Crippen MR) is 76.2 cm³/mol. The summed E-state index contributed by atoms with van der Waals surface area (Å²) in [4.78, 5) is 13.2. The Kier molecular flexibility index (Phi) is 4.37. The lowest BCUT2D eigenvalue weighted by molar-refractivity contribution is -0.385. The second-order valence-electron chi connectivity index (χ2n) is 5.25. The molecule has 1 heterocycles. The molecule has 0 atom stereocenters. The van der Waals surface area contributed by atoms with Crippen LogP contribution in [0, 0.1) is 17.0 Å². The first-order chi connectivity index (χ1) is 9.08. The number of nitro benzene ring substituents is 1. The first-order valence-electron chi connectivity index (χ1n) is 6.83. The van der Waals surface area contributed by atoms with Crippen molar-refractivity contribution in [1.29, 1.82) is 0 Å². The van der Waals surface area contributed by atoms with Crippen LogP contribution in [0.1, 0.15) is 30.4 Å². The second kappa shape index (κ2) is 6.02. The number of piperidine rings is 1. The van der Waals surface area contributed by atoms with Crippen molar-refractivity contribution >= 4 is 11.4 Å². The number of benzene rings is 1. The van der Waals surface area contributed by atoms with Crippen LogP contribution in [0.3, 0.4) is 0 Å². The molecule has 19 heavy (non-hydrogen) atoms. The van der Waals surface area contributed by atoms with Gasteiger partial charge < -0.3 is 10.6 Å². The fourth-order valence-corrected chi connectivity index (χ4v) is 2.59. The Labute approximate surface area is 113 Å². The summed E-state index contributed by atoms with van der Waals surface area (Å²) in [6.07, 6.45) is 4.46. The van der Waals surface area contributed by atoms with Gasteiger partial charge in [-0.2, -0.15) is 0 Å². The summed E-state index contributed by atoms with van der Waals surface area (Å²) < 4.78 is 0. The molecular formula is C14H21N3O2. The van der Waals surface area contributed by atoms with Gasteiger partial charge in [-0.1, -0.05) is 6.42 Å². The van der Waals surface area contributed by atoms with Gasteiger partial charge in [0.25, 0.3) is 5.69 Å². The highest BCUT2D eigenvalue weighted by molar-refractivity contribution is 5.57. The van der Waals surface area contributed by atoms with Crippen LogP contribution in [0.25, 0.3) is 0 Å². The van der Waals surface area contributed by atoms with Crippen molar-refractivity contribution in [2.45, 2.75) is 32.6 Å². The van der Waals surface area contributed by atoms with Gasteiger partial charge in [0.1, 0.15) is 0 Å². The standard InChI is InChI=1S/C14H21N3O2/c1-11-9-14(17(18)19)12(10-13(11)15)5-8-16-6-3-2-4-7-16/h9-10H,2-8,15H2,1H3. The lowest BCUT2D eigenvalue weighted by Gasteiger charge is -2.26. The maximum absolute atomic E-state index is 11.1. The highest BCUT2D eigenvalue weighted by Crippen LogP contribution is 2.25. The Morgan fingerprint density at radius 3 is 2.63 bits per heavy atom. The van der Waals surface area contributed by atoms with Crippen molar-refractivity contribution in [3.63, 3.8) is 0 Å². The maximum Gasteiger partial charge on any atom is 0.273 e. The van der Waals surface area contributed by atoms with Gasteiger partial charge in [0.15, 0.2) is 0 Å². The van der Waals surface area contributed by atoms with Gasteiger partial charge in [-0.15, -0.1) is 0 Å². The van der Waals surface area contributed by atoms with Crippen LogP contribution in [-0.4, -0.2) is 29.5 Å². The van der Waals surface area contributed by atoms with E-state index in [1.807, 2.05) is 0 Å². The van der Waals surface area contributed by atoms with E-state index in [1.54, 1.807) is 19.1 Å². The molecule has 1 fully saturated rings. The van der Waals surface area contributed by atoms with Crippen LogP contribution in [-0.2, 0) is 6.42 Å². The molecule has 0 amide bonds. The Morgan fingerprint density at radius 1 is 1.32 bits per heavy atom. The number of likely N-dealkylation sites (tertiary alicyclic amines) is 1. The topological polar surface area (TPSA) is 72.4 Å². The van der Waals surface area contributed by atoms with E-state index in [-0.39, 0.29) is 10.6 Å². The molecule has 0 aliphatic carbocycles. The van der Waals surface area contributed by atoms with Crippen LogP contribution in [0.15, 0.2) is 12.1 Å². The number of nitro groups is 1. The van der Waals surface area contributed by atoms with Crippen molar-refractivity contribution in [3.05, 3.63) is 33.4 Å². The van der Waals surface area contributed by atoms with E-state index < -0.39 is 0 Å². The van der Waals surface area contributed by atoms with Crippen molar-refractivity contribution in [2.75, 3.05) is 25.4 Å². The molecule has 0 unspecified atom stereocenters. The molecule has 5 heteroatoms. The van der Waals surface area contributed by atoms with E-state index >= 15 is 0 Å². The number of aryl methyl sites for hydroxylation is 1. The minimum atomic E-state index is -0.308. The Balaban J connectivity index is 2.09.